The predicted molar refractivity (Wildman–Crippen MR) is 144 cm³/mol. The van der Waals surface area contributed by atoms with Crippen molar-refractivity contribution in [3.05, 3.63) is 65.7 Å². The maximum Gasteiger partial charge on any atom is 0.253 e. The molecule has 32 heavy (non-hydrogen) atoms. The van der Waals surface area contributed by atoms with Gasteiger partial charge in [-0.15, -0.1) is 24.0 Å². The lowest BCUT2D eigenvalue weighted by atomic mass is 10.1. The van der Waals surface area contributed by atoms with Gasteiger partial charge in [-0.3, -0.25) is 4.79 Å². The van der Waals surface area contributed by atoms with Crippen molar-refractivity contribution in [1.29, 1.82) is 0 Å². The monoisotopic (exact) mass is 549 g/mol. The molecule has 6 nitrogen and oxygen atoms in total. The molecule has 174 valence electrons. The van der Waals surface area contributed by atoms with E-state index in [1.54, 1.807) is 0 Å². The van der Waals surface area contributed by atoms with Crippen LogP contribution in [0.2, 0.25) is 0 Å². The molecule has 0 spiro atoms. The van der Waals surface area contributed by atoms with Crippen LogP contribution in [0.3, 0.4) is 0 Å². The van der Waals surface area contributed by atoms with E-state index in [1.165, 1.54) is 5.69 Å². The van der Waals surface area contributed by atoms with Crippen molar-refractivity contribution < 1.29 is 4.79 Å². The quantitative estimate of drug-likeness (QED) is 0.296. The second-order valence-corrected chi connectivity index (χ2v) is 7.78. The number of nitrogens with zero attached hydrogens (tertiary/aromatic N) is 3. The number of hydrogen-bond donors (Lipinski definition) is 2. The number of amides is 1. The van der Waals surface area contributed by atoms with Gasteiger partial charge in [-0.05, 0) is 57.0 Å². The van der Waals surface area contributed by atoms with Crippen LogP contribution in [0.4, 0.5) is 5.69 Å². The average molecular weight is 550 g/mol. The smallest absolute Gasteiger partial charge is 0.253 e. The number of carbonyl (C=O) groups excluding carboxylic acids is 1. The van der Waals surface area contributed by atoms with Crippen molar-refractivity contribution >= 4 is 41.5 Å². The number of para-hydroxylation sites is 1. The Balaban J connectivity index is 0.00000363. The zero-order valence-electron chi connectivity index (χ0n) is 19.4. The molecular weight excluding hydrogens is 513 g/mol. The molecular formula is C25H36IN5O. The predicted octanol–water partition coefficient (Wildman–Crippen LogP) is 4.12. The van der Waals surface area contributed by atoms with Crippen LogP contribution in [0.5, 0.6) is 0 Å². The molecule has 2 aromatic rings. The summed E-state index contributed by atoms with van der Waals surface area (Å²) in [6.45, 7) is 10.9. The third-order valence-electron chi connectivity index (χ3n) is 5.67. The Morgan fingerprint density at radius 3 is 2.38 bits per heavy atom. The van der Waals surface area contributed by atoms with E-state index in [0.717, 1.165) is 56.2 Å². The first-order valence-electron chi connectivity index (χ1n) is 11.4. The molecule has 1 fully saturated rings. The summed E-state index contributed by atoms with van der Waals surface area (Å²) in [6, 6.07) is 18.7. The van der Waals surface area contributed by atoms with E-state index in [0.29, 0.717) is 12.6 Å². The SMILES string of the molecule is CCNC(=NCc1ccc(C(=O)N(CC)CC)cc1)NC1CCN(c2ccccc2)C1.I. The van der Waals surface area contributed by atoms with Crippen molar-refractivity contribution in [1.82, 2.24) is 15.5 Å². The van der Waals surface area contributed by atoms with E-state index in [-0.39, 0.29) is 29.9 Å². The first-order chi connectivity index (χ1) is 15.1. The summed E-state index contributed by atoms with van der Waals surface area (Å²) in [5, 5.41) is 6.94. The Labute approximate surface area is 209 Å². The summed E-state index contributed by atoms with van der Waals surface area (Å²) in [7, 11) is 0. The molecule has 7 heteroatoms. The molecule has 1 saturated heterocycles. The molecule has 1 unspecified atom stereocenters. The Hall–Kier alpha value is -2.29. The molecule has 2 aromatic carbocycles. The maximum absolute atomic E-state index is 12.5. The fourth-order valence-electron chi connectivity index (χ4n) is 3.88. The normalized spacial score (nSPS) is 15.8. The third-order valence-corrected chi connectivity index (χ3v) is 5.67. The lowest BCUT2D eigenvalue weighted by molar-refractivity contribution is 0.0773. The van der Waals surface area contributed by atoms with E-state index in [2.05, 4.69) is 52.8 Å². The molecule has 0 aromatic heterocycles. The van der Waals surface area contributed by atoms with E-state index < -0.39 is 0 Å². The summed E-state index contributed by atoms with van der Waals surface area (Å²) in [4.78, 5) is 21.5. The number of anilines is 1. The van der Waals surface area contributed by atoms with Gasteiger partial charge < -0.3 is 20.4 Å². The number of benzene rings is 2. The fourth-order valence-corrected chi connectivity index (χ4v) is 3.88. The summed E-state index contributed by atoms with van der Waals surface area (Å²) in [5.74, 6) is 0.921. The van der Waals surface area contributed by atoms with Gasteiger partial charge in [0.25, 0.3) is 5.91 Å². The molecule has 0 saturated carbocycles. The van der Waals surface area contributed by atoms with Gasteiger partial charge in [0, 0.05) is 50.0 Å². The van der Waals surface area contributed by atoms with Gasteiger partial charge in [-0.2, -0.15) is 0 Å². The van der Waals surface area contributed by atoms with Crippen molar-refractivity contribution in [2.24, 2.45) is 4.99 Å². The Kier molecular flexibility index (Phi) is 10.8. The van der Waals surface area contributed by atoms with Crippen LogP contribution in [0, 0.1) is 0 Å². The topological polar surface area (TPSA) is 60.0 Å². The van der Waals surface area contributed by atoms with Crippen LogP contribution >= 0.6 is 24.0 Å². The van der Waals surface area contributed by atoms with Gasteiger partial charge in [0.05, 0.1) is 6.54 Å². The largest absolute Gasteiger partial charge is 0.369 e. The molecule has 1 amide bonds. The Morgan fingerprint density at radius 1 is 1.06 bits per heavy atom. The molecule has 3 rings (SSSR count). The molecule has 1 heterocycles. The van der Waals surface area contributed by atoms with Crippen LogP contribution in [0.15, 0.2) is 59.6 Å². The number of nitrogens with one attached hydrogen (secondary N) is 2. The summed E-state index contributed by atoms with van der Waals surface area (Å²) in [5.41, 5.74) is 3.09. The fraction of sp³-hybridized carbons (Fsp3) is 0.440. The lowest BCUT2D eigenvalue weighted by Crippen LogP contribution is -2.44. The van der Waals surface area contributed by atoms with Gasteiger partial charge in [-0.25, -0.2) is 4.99 Å². The summed E-state index contributed by atoms with van der Waals surface area (Å²) in [6.07, 6.45) is 1.08. The minimum Gasteiger partial charge on any atom is -0.369 e. The molecule has 0 aliphatic carbocycles. The van der Waals surface area contributed by atoms with Gasteiger partial charge in [-0.1, -0.05) is 30.3 Å². The zero-order chi connectivity index (χ0) is 22.1. The van der Waals surface area contributed by atoms with E-state index in [4.69, 9.17) is 4.99 Å². The summed E-state index contributed by atoms with van der Waals surface area (Å²) >= 11 is 0. The number of aliphatic imine (C=N–C) groups is 1. The van der Waals surface area contributed by atoms with Crippen LogP contribution in [0.25, 0.3) is 0 Å². The van der Waals surface area contributed by atoms with Gasteiger partial charge >= 0.3 is 0 Å². The minimum atomic E-state index is 0. The molecule has 1 aliphatic rings. The highest BCUT2D eigenvalue weighted by molar-refractivity contribution is 14.0. The lowest BCUT2D eigenvalue weighted by Gasteiger charge is -2.20. The highest BCUT2D eigenvalue weighted by Crippen LogP contribution is 2.19. The van der Waals surface area contributed by atoms with Crippen LogP contribution in [-0.4, -0.2) is 55.5 Å². The van der Waals surface area contributed by atoms with Gasteiger partial charge in [0.15, 0.2) is 5.96 Å². The highest BCUT2D eigenvalue weighted by atomic mass is 127. The third kappa shape index (κ3) is 7.12. The van der Waals surface area contributed by atoms with Crippen molar-refractivity contribution in [3.8, 4) is 0 Å². The van der Waals surface area contributed by atoms with E-state index in [9.17, 15) is 4.79 Å². The van der Waals surface area contributed by atoms with Gasteiger partial charge in [0.2, 0.25) is 0 Å². The van der Waals surface area contributed by atoms with Crippen LogP contribution in [0.1, 0.15) is 43.1 Å². The minimum absolute atomic E-state index is 0. The maximum atomic E-state index is 12.5. The molecule has 1 atom stereocenters. The van der Waals surface area contributed by atoms with Crippen molar-refractivity contribution in [3.63, 3.8) is 0 Å². The Bertz CT molecular complexity index is 852. The first kappa shape index (κ1) is 26.0. The Morgan fingerprint density at radius 2 is 1.75 bits per heavy atom. The molecule has 0 radical (unpaired) electrons. The number of rotatable bonds is 8. The van der Waals surface area contributed by atoms with Gasteiger partial charge in [0.1, 0.15) is 0 Å². The molecule has 1 aliphatic heterocycles. The van der Waals surface area contributed by atoms with E-state index in [1.807, 2.05) is 43.0 Å². The van der Waals surface area contributed by atoms with Crippen molar-refractivity contribution in [2.45, 2.75) is 39.8 Å². The number of carbonyl (C=O) groups is 1. The average Bonchev–Trinajstić information content (AvgIpc) is 3.28. The molecule has 0 bridgehead atoms. The zero-order valence-corrected chi connectivity index (χ0v) is 21.7. The highest BCUT2D eigenvalue weighted by Gasteiger charge is 2.23. The van der Waals surface area contributed by atoms with Crippen molar-refractivity contribution in [2.75, 3.05) is 37.6 Å². The second-order valence-electron chi connectivity index (χ2n) is 7.78. The van der Waals surface area contributed by atoms with Crippen LogP contribution < -0.4 is 15.5 Å². The molecule has 2 N–H and O–H groups in total. The standard InChI is InChI=1S/C25H35N5O.HI/c1-4-26-25(28-22-16-17-30(19-22)23-10-8-7-9-11-23)27-18-20-12-14-21(15-13-20)24(31)29(5-2)6-3;/h7-15,22H,4-6,16-19H2,1-3H3,(H2,26,27,28);1H. The first-order valence-corrected chi connectivity index (χ1v) is 11.4. The second kappa shape index (κ2) is 13.3. The number of guanidine groups is 1. The number of halogens is 1. The number of hydrogen-bond acceptors (Lipinski definition) is 3. The summed E-state index contributed by atoms with van der Waals surface area (Å²) < 4.78 is 0. The van der Waals surface area contributed by atoms with E-state index >= 15 is 0 Å². The van der Waals surface area contributed by atoms with Crippen LogP contribution in [-0.2, 0) is 6.54 Å².